The van der Waals surface area contributed by atoms with Crippen LogP contribution in [0.1, 0.15) is 156 Å². The normalized spacial score (nSPS) is 13.2. The molecule has 2 heteroatoms. The molecule has 0 aromatic rings. The molecular formula is C26H56P2. The van der Waals surface area contributed by atoms with Gasteiger partial charge in [0.05, 0.1) is 0 Å². The summed E-state index contributed by atoms with van der Waals surface area (Å²) in [7, 11) is 6.63. The van der Waals surface area contributed by atoms with Crippen LogP contribution in [-0.4, -0.2) is 10.8 Å². The molecule has 0 saturated carbocycles. The summed E-state index contributed by atoms with van der Waals surface area (Å²) in [6.45, 7) is 6.94. The van der Waals surface area contributed by atoms with Crippen molar-refractivity contribution in [3.8, 4) is 0 Å². The van der Waals surface area contributed by atoms with Gasteiger partial charge in [-0.2, -0.15) is 0 Å². The minimum Gasteiger partial charge on any atom is -0.134 e. The van der Waals surface area contributed by atoms with Crippen LogP contribution in [0.2, 0.25) is 0 Å². The molecule has 0 nitrogen and oxygen atoms in total. The fourth-order valence-electron chi connectivity index (χ4n) is 4.40. The van der Waals surface area contributed by atoms with Crippen molar-refractivity contribution in [2.45, 2.75) is 166 Å². The van der Waals surface area contributed by atoms with Crippen molar-refractivity contribution in [3.63, 3.8) is 0 Å². The van der Waals surface area contributed by atoms with Crippen LogP contribution >= 0.6 is 18.5 Å². The van der Waals surface area contributed by atoms with Crippen LogP contribution in [0.3, 0.4) is 0 Å². The zero-order valence-corrected chi connectivity index (χ0v) is 22.4. The standard InChI is InChI=1S/C26H56P2/c1-4-7-10-13-16-19-22-25(27)26(28,23-20-17-14-11-8-5-2)24-21-18-15-12-9-6-3/h25H,4-24,27-28H2,1-3H3. The van der Waals surface area contributed by atoms with Crippen molar-refractivity contribution >= 4 is 18.5 Å². The highest BCUT2D eigenvalue weighted by Crippen LogP contribution is 2.41. The van der Waals surface area contributed by atoms with E-state index in [9.17, 15) is 0 Å². The lowest BCUT2D eigenvalue weighted by Gasteiger charge is -2.36. The van der Waals surface area contributed by atoms with Gasteiger partial charge in [0, 0.05) is 0 Å². The van der Waals surface area contributed by atoms with Crippen molar-refractivity contribution in [2.24, 2.45) is 0 Å². The minimum atomic E-state index is 0.476. The van der Waals surface area contributed by atoms with E-state index >= 15 is 0 Å². The number of rotatable bonds is 22. The Kier molecular flexibility index (Phi) is 21.8. The minimum absolute atomic E-state index is 0.476. The number of unbranched alkanes of at least 4 members (excludes halogenated alkanes) is 15. The molecule has 0 heterocycles. The first-order chi connectivity index (χ1) is 13.6. The summed E-state index contributed by atoms with van der Waals surface area (Å²) in [5, 5.41) is 0.476. The van der Waals surface area contributed by atoms with Crippen molar-refractivity contribution in [2.75, 3.05) is 0 Å². The predicted molar refractivity (Wildman–Crippen MR) is 140 cm³/mol. The lowest BCUT2D eigenvalue weighted by Crippen LogP contribution is -2.32. The average Bonchev–Trinajstić information content (AvgIpc) is 2.69. The maximum Gasteiger partial charge on any atom is -0.00876 e. The van der Waals surface area contributed by atoms with Gasteiger partial charge in [0.15, 0.2) is 0 Å². The lowest BCUT2D eigenvalue weighted by atomic mass is 9.87. The van der Waals surface area contributed by atoms with Crippen molar-refractivity contribution in [1.82, 2.24) is 0 Å². The second-order valence-corrected chi connectivity index (χ2v) is 11.4. The van der Waals surface area contributed by atoms with Gasteiger partial charge >= 0.3 is 0 Å². The van der Waals surface area contributed by atoms with Gasteiger partial charge in [0.25, 0.3) is 0 Å². The first kappa shape index (κ1) is 28.9. The molecule has 0 saturated heterocycles. The Morgan fingerprint density at radius 1 is 0.500 bits per heavy atom. The molecule has 0 N–H and O–H groups in total. The van der Waals surface area contributed by atoms with Gasteiger partial charge in [0.1, 0.15) is 0 Å². The molecule has 170 valence electrons. The molecular weight excluding hydrogens is 374 g/mol. The van der Waals surface area contributed by atoms with Gasteiger partial charge in [-0.25, -0.2) is 0 Å². The van der Waals surface area contributed by atoms with E-state index in [4.69, 9.17) is 0 Å². The van der Waals surface area contributed by atoms with E-state index in [-0.39, 0.29) is 0 Å². The first-order valence-corrected chi connectivity index (χ1v) is 14.4. The SMILES string of the molecule is CCCCCCCCC(P)C(P)(CCCCCCCC)CCCCCCCC. The molecule has 0 radical (unpaired) electrons. The molecule has 0 fully saturated rings. The van der Waals surface area contributed by atoms with Crippen LogP contribution in [-0.2, 0) is 0 Å². The van der Waals surface area contributed by atoms with Crippen LogP contribution in [0.25, 0.3) is 0 Å². The molecule has 0 spiro atoms. The summed E-state index contributed by atoms with van der Waals surface area (Å²) in [6.07, 6.45) is 29.9. The maximum absolute atomic E-state index is 3.36. The van der Waals surface area contributed by atoms with Crippen LogP contribution < -0.4 is 0 Å². The topological polar surface area (TPSA) is 0 Å². The molecule has 28 heavy (non-hydrogen) atoms. The molecule has 0 rings (SSSR count). The summed E-state index contributed by atoms with van der Waals surface area (Å²) in [5.41, 5.74) is 0.787. The summed E-state index contributed by atoms with van der Waals surface area (Å²) in [5.74, 6) is 0. The molecule has 3 atom stereocenters. The molecule has 0 aliphatic heterocycles. The highest BCUT2D eigenvalue weighted by atomic mass is 31.0. The summed E-state index contributed by atoms with van der Waals surface area (Å²) in [4.78, 5) is 0. The van der Waals surface area contributed by atoms with Gasteiger partial charge < -0.3 is 0 Å². The number of hydrogen-bond donors (Lipinski definition) is 0. The predicted octanol–water partition coefficient (Wildman–Crippen LogP) is 10.1. The van der Waals surface area contributed by atoms with Crippen LogP contribution in [0.4, 0.5) is 0 Å². The first-order valence-electron chi connectivity index (χ1n) is 13.1. The zero-order chi connectivity index (χ0) is 20.9. The van der Waals surface area contributed by atoms with E-state index in [2.05, 4.69) is 39.3 Å². The summed E-state index contributed by atoms with van der Waals surface area (Å²) < 4.78 is 0. The van der Waals surface area contributed by atoms with Crippen LogP contribution in [0.15, 0.2) is 0 Å². The molecule has 0 aromatic heterocycles. The van der Waals surface area contributed by atoms with E-state index in [0.29, 0.717) is 5.16 Å². The highest BCUT2D eigenvalue weighted by Gasteiger charge is 2.30. The van der Waals surface area contributed by atoms with E-state index in [1.165, 1.54) is 135 Å². The van der Waals surface area contributed by atoms with Gasteiger partial charge in [0.2, 0.25) is 0 Å². The molecule has 0 amide bonds. The lowest BCUT2D eigenvalue weighted by molar-refractivity contribution is 0.411. The molecule has 3 unspecified atom stereocenters. The largest absolute Gasteiger partial charge is 0.134 e. The molecule has 0 aliphatic rings. The highest BCUT2D eigenvalue weighted by molar-refractivity contribution is 7.24. The van der Waals surface area contributed by atoms with Gasteiger partial charge in [-0.3, -0.25) is 0 Å². The molecule has 0 aromatic carbocycles. The van der Waals surface area contributed by atoms with Crippen LogP contribution in [0.5, 0.6) is 0 Å². The average molecular weight is 431 g/mol. The third-order valence-corrected chi connectivity index (χ3v) is 8.99. The monoisotopic (exact) mass is 430 g/mol. The van der Waals surface area contributed by atoms with E-state index in [0.717, 1.165) is 5.66 Å². The molecule has 0 bridgehead atoms. The second-order valence-electron chi connectivity index (χ2n) is 9.43. The molecule has 0 aliphatic carbocycles. The maximum atomic E-state index is 3.36. The Balaban J connectivity index is 4.26. The van der Waals surface area contributed by atoms with Crippen LogP contribution in [0, 0.1) is 0 Å². The zero-order valence-electron chi connectivity index (χ0n) is 20.1. The Labute approximate surface area is 185 Å². The van der Waals surface area contributed by atoms with Crippen molar-refractivity contribution in [3.05, 3.63) is 0 Å². The van der Waals surface area contributed by atoms with E-state index < -0.39 is 0 Å². The van der Waals surface area contributed by atoms with Crippen molar-refractivity contribution < 1.29 is 0 Å². The summed E-state index contributed by atoms with van der Waals surface area (Å²) in [6, 6.07) is 0. The fraction of sp³-hybridized carbons (Fsp3) is 1.00. The van der Waals surface area contributed by atoms with E-state index in [1.807, 2.05) is 0 Å². The van der Waals surface area contributed by atoms with Gasteiger partial charge in [-0.15, -0.1) is 18.5 Å². The summed E-state index contributed by atoms with van der Waals surface area (Å²) >= 11 is 0. The smallest absolute Gasteiger partial charge is 0.00876 e. The Hall–Kier alpha value is 0.860. The fourth-order valence-corrected chi connectivity index (χ4v) is 5.54. The second kappa shape index (κ2) is 21.1. The van der Waals surface area contributed by atoms with Gasteiger partial charge in [-0.1, -0.05) is 136 Å². The van der Waals surface area contributed by atoms with Gasteiger partial charge in [-0.05, 0) is 30.1 Å². The van der Waals surface area contributed by atoms with Crippen molar-refractivity contribution in [1.29, 1.82) is 0 Å². The Morgan fingerprint density at radius 2 is 0.821 bits per heavy atom. The Morgan fingerprint density at radius 3 is 1.21 bits per heavy atom. The Bertz CT molecular complexity index is 287. The quantitative estimate of drug-likeness (QED) is 0.118. The third-order valence-electron chi connectivity index (χ3n) is 6.60. The van der Waals surface area contributed by atoms with E-state index in [1.54, 1.807) is 0 Å². The third kappa shape index (κ3) is 16.6. The number of hydrogen-bond acceptors (Lipinski definition) is 0.